The lowest BCUT2D eigenvalue weighted by molar-refractivity contribution is -0.116. The van der Waals surface area contributed by atoms with Gasteiger partial charge in [-0.1, -0.05) is 0 Å². The van der Waals surface area contributed by atoms with E-state index in [0.29, 0.717) is 42.5 Å². The van der Waals surface area contributed by atoms with Crippen LogP contribution in [-0.4, -0.2) is 34.1 Å². The van der Waals surface area contributed by atoms with Crippen LogP contribution in [0.1, 0.15) is 24.8 Å². The lowest BCUT2D eigenvalue weighted by Crippen LogP contribution is -2.21. The highest BCUT2D eigenvalue weighted by molar-refractivity contribution is 7.92. The molecule has 1 fully saturated rings. The molecule has 29 heavy (non-hydrogen) atoms. The van der Waals surface area contributed by atoms with Gasteiger partial charge >= 0.3 is 0 Å². The highest BCUT2D eigenvalue weighted by Crippen LogP contribution is 2.27. The van der Waals surface area contributed by atoms with Gasteiger partial charge in [-0.25, -0.2) is 8.42 Å². The van der Waals surface area contributed by atoms with E-state index in [2.05, 4.69) is 10.0 Å². The van der Waals surface area contributed by atoms with Crippen LogP contribution < -0.4 is 14.8 Å². The normalized spacial score (nSPS) is 17.3. The number of rotatable bonds is 6. The molecule has 0 aromatic heterocycles. The van der Waals surface area contributed by atoms with Gasteiger partial charge in [0.25, 0.3) is 10.0 Å². The summed E-state index contributed by atoms with van der Waals surface area (Å²) < 4.78 is 39.2. The van der Waals surface area contributed by atoms with Crippen LogP contribution in [-0.2, 0) is 26.0 Å². The number of benzene rings is 2. The first-order valence-corrected chi connectivity index (χ1v) is 11.2. The fourth-order valence-corrected chi connectivity index (χ4v) is 4.60. The molecule has 2 aliphatic rings. The number of aryl methyl sites for hydroxylation is 1. The molecule has 0 saturated carbocycles. The smallest absolute Gasteiger partial charge is 0.261 e. The molecule has 2 heterocycles. The van der Waals surface area contributed by atoms with E-state index >= 15 is 0 Å². The molecule has 0 radical (unpaired) electrons. The Kier molecular flexibility index (Phi) is 5.73. The molecule has 2 aromatic rings. The van der Waals surface area contributed by atoms with Crippen LogP contribution in [0.25, 0.3) is 0 Å². The van der Waals surface area contributed by atoms with Crippen molar-refractivity contribution in [3.05, 3.63) is 48.0 Å². The van der Waals surface area contributed by atoms with Crippen molar-refractivity contribution in [2.45, 2.75) is 30.6 Å². The maximum atomic E-state index is 12.7. The molecule has 2 aromatic carbocycles. The molecule has 2 N–H and O–H groups in total. The molecule has 0 unspecified atom stereocenters. The second-order valence-electron chi connectivity index (χ2n) is 7.36. The minimum atomic E-state index is -3.72. The molecule has 0 bridgehead atoms. The maximum absolute atomic E-state index is 12.7. The summed E-state index contributed by atoms with van der Waals surface area (Å²) in [6.45, 7) is 2.20. The number of carbonyl (C=O) groups is 1. The molecule has 7 nitrogen and oxygen atoms in total. The molecule has 1 amide bonds. The molecule has 0 atom stereocenters. The van der Waals surface area contributed by atoms with E-state index in [9.17, 15) is 13.2 Å². The molecule has 0 spiro atoms. The third kappa shape index (κ3) is 4.89. The van der Waals surface area contributed by atoms with Crippen LogP contribution in [0, 0.1) is 5.92 Å². The summed E-state index contributed by atoms with van der Waals surface area (Å²) in [5.41, 5.74) is 1.96. The van der Waals surface area contributed by atoms with Gasteiger partial charge in [-0.05, 0) is 73.2 Å². The number of carbonyl (C=O) groups excluding carboxylic acids is 1. The third-order valence-electron chi connectivity index (χ3n) is 5.22. The van der Waals surface area contributed by atoms with Gasteiger partial charge in [-0.2, -0.15) is 0 Å². The first kappa shape index (κ1) is 19.7. The number of anilines is 2. The monoisotopic (exact) mass is 416 g/mol. The van der Waals surface area contributed by atoms with E-state index in [1.165, 1.54) is 6.07 Å². The Bertz CT molecular complexity index is 983. The zero-order valence-electron chi connectivity index (χ0n) is 16.0. The minimum absolute atomic E-state index is 0.0506. The van der Waals surface area contributed by atoms with Crippen molar-refractivity contribution in [1.82, 2.24) is 0 Å². The topological polar surface area (TPSA) is 93.7 Å². The second kappa shape index (κ2) is 8.42. The fourth-order valence-electron chi connectivity index (χ4n) is 3.49. The summed E-state index contributed by atoms with van der Waals surface area (Å²) in [7, 11) is -3.72. The molecular weight excluding hydrogens is 392 g/mol. The number of amides is 1. The SMILES string of the molecule is O=C1CCc2cc(S(=O)(=O)Nc3ccc(OCC4CCOCC4)cc3)ccc2N1. The summed E-state index contributed by atoms with van der Waals surface area (Å²) >= 11 is 0. The van der Waals surface area contributed by atoms with Crippen molar-refractivity contribution in [2.24, 2.45) is 5.92 Å². The highest BCUT2D eigenvalue weighted by Gasteiger charge is 2.20. The molecule has 2 aliphatic heterocycles. The summed E-state index contributed by atoms with van der Waals surface area (Å²) in [4.78, 5) is 11.6. The number of nitrogens with one attached hydrogen (secondary N) is 2. The quantitative estimate of drug-likeness (QED) is 0.754. The van der Waals surface area contributed by atoms with Gasteiger partial charge in [0.1, 0.15) is 5.75 Å². The van der Waals surface area contributed by atoms with E-state index in [-0.39, 0.29) is 10.8 Å². The molecule has 154 valence electrons. The Hall–Kier alpha value is -2.58. The number of hydrogen-bond donors (Lipinski definition) is 2. The summed E-state index contributed by atoms with van der Waals surface area (Å²) in [6.07, 6.45) is 2.90. The van der Waals surface area contributed by atoms with Crippen LogP contribution >= 0.6 is 0 Å². The van der Waals surface area contributed by atoms with Crippen molar-refractivity contribution >= 4 is 27.3 Å². The molecule has 4 rings (SSSR count). The van der Waals surface area contributed by atoms with E-state index in [0.717, 1.165) is 31.6 Å². The zero-order valence-corrected chi connectivity index (χ0v) is 16.8. The Morgan fingerprint density at radius 1 is 1.07 bits per heavy atom. The largest absolute Gasteiger partial charge is 0.493 e. The van der Waals surface area contributed by atoms with Crippen LogP contribution in [0.15, 0.2) is 47.4 Å². The van der Waals surface area contributed by atoms with Crippen molar-refractivity contribution < 1.29 is 22.7 Å². The van der Waals surface area contributed by atoms with Gasteiger partial charge in [0.05, 0.1) is 11.5 Å². The number of ether oxygens (including phenoxy) is 2. The molecule has 8 heteroatoms. The summed E-state index contributed by atoms with van der Waals surface area (Å²) in [5.74, 6) is 1.16. The van der Waals surface area contributed by atoms with Crippen molar-refractivity contribution in [3.8, 4) is 5.75 Å². The van der Waals surface area contributed by atoms with Crippen molar-refractivity contribution in [1.29, 1.82) is 0 Å². The number of hydrogen-bond acceptors (Lipinski definition) is 5. The van der Waals surface area contributed by atoms with Gasteiger partial charge < -0.3 is 14.8 Å². The van der Waals surface area contributed by atoms with Crippen LogP contribution in [0.3, 0.4) is 0 Å². The minimum Gasteiger partial charge on any atom is -0.493 e. The lowest BCUT2D eigenvalue weighted by atomic mass is 10.0. The standard InChI is InChI=1S/C21H24N2O5S/c24-21-8-1-16-13-19(6-7-20(16)22-21)29(25,26)23-17-2-4-18(5-3-17)28-14-15-9-11-27-12-10-15/h2-7,13,15,23H,1,8-12,14H2,(H,22,24). The van der Waals surface area contributed by atoms with E-state index in [4.69, 9.17) is 9.47 Å². The fraction of sp³-hybridized carbons (Fsp3) is 0.381. The van der Waals surface area contributed by atoms with E-state index in [1.807, 2.05) is 0 Å². The average molecular weight is 416 g/mol. The molecular formula is C21H24N2O5S. The Labute approximate surface area is 170 Å². The third-order valence-corrected chi connectivity index (χ3v) is 6.59. The van der Waals surface area contributed by atoms with Gasteiger partial charge in [0, 0.05) is 31.0 Å². The first-order chi connectivity index (χ1) is 14.0. The van der Waals surface area contributed by atoms with Gasteiger partial charge in [0.2, 0.25) is 5.91 Å². The van der Waals surface area contributed by atoms with Crippen LogP contribution in [0.5, 0.6) is 5.75 Å². The Balaban J connectivity index is 1.39. The molecule has 1 saturated heterocycles. The maximum Gasteiger partial charge on any atom is 0.261 e. The van der Waals surface area contributed by atoms with Crippen molar-refractivity contribution in [3.63, 3.8) is 0 Å². The van der Waals surface area contributed by atoms with Gasteiger partial charge in [-0.3, -0.25) is 9.52 Å². The number of fused-ring (bicyclic) bond motifs is 1. The van der Waals surface area contributed by atoms with Crippen LogP contribution in [0.4, 0.5) is 11.4 Å². The summed E-state index contributed by atoms with van der Waals surface area (Å²) in [6, 6.07) is 11.7. The Morgan fingerprint density at radius 2 is 1.83 bits per heavy atom. The highest BCUT2D eigenvalue weighted by atomic mass is 32.2. The van der Waals surface area contributed by atoms with Crippen LogP contribution in [0.2, 0.25) is 0 Å². The second-order valence-corrected chi connectivity index (χ2v) is 9.05. The predicted octanol–water partition coefficient (Wildman–Crippen LogP) is 3.18. The first-order valence-electron chi connectivity index (χ1n) is 9.76. The van der Waals surface area contributed by atoms with Gasteiger partial charge in [-0.15, -0.1) is 0 Å². The molecule has 0 aliphatic carbocycles. The van der Waals surface area contributed by atoms with Crippen molar-refractivity contribution in [2.75, 3.05) is 29.9 Å². The Morgan fingerprint density at radius 3 is 2.59 bits per heavy atom. The van der Waals surface area contributed by atoms with E-state index < -0.39 is 10.0 Å². The average Bonchev–Trinajstić information content (AvgIpc) is 2.73. The summed E-state index contributed by atoms with van der Waals surface area (Å²) in [5, 5.41) is 2.75. The van der Waals surface area contributed by atoms with E-state index in [1.54, 1.807) is 36.4 Å². The lowest BCUT2D eigenvalue weighted by Gasteiger charge is -2.22. The van der Waals surface area contributed by atoms with Gasteiger partial charge in [0.15, 0.2) is 0 Å². The number of sulfonamides is 1. The zero-order chi connectivity index (χ0) is 20.3. The predicted molar refractivity (Wildman–Crippen MR) is 110 cm³/mol.